The van der Waals surface area contributed by atoms with Crippen LogP contribution in [0.2, 0.25) is 0 Å². The standard InChI is InChI=1S/C17H19N5O2/c1-20(11-13-9-18-21(2)12-13)17(24)7-8-22-15-6-4-3-5-14(15)16(23)10-19-22/h3-6,9-10,12H,7-8,11H2,1-2H3. The summed E-state index contributed by atoms with van der Waals surface area (Å²) in [6.07, 6.45) is 5.25. The van der Waals surface area contributed by atoms with Crippen molar-refractivity contribution >= 4 is 16.8 Å². The Morgan fingerprint density at radius 3 is 2.75 bits per heavy atom. The van der Waals surface area contributed by atoms with E-state index >= 15 is 0 Å². The predicted octanol–water partition coefficient (Wildman–Crippen LogP) is 1.18. The third kappa shape index (κ3) is 3.34. The molecule has 3 aromatic rings. The van der Waals surface area contributed by atoms with E-state index in [0.717, 1.165) is 11.1 Å². The molecule has 7 heteroatoms. The second-order valence-electron chi connectivity index (χ2n) is 5.77. The van der Waals surface area contributed by atoms with Crippen LogP contribution in [0.15, 0.2) is 47.7 Å². The Hall–Kier alpha value is -2.96. The Morgan fingerprint density at radius 2 is 2.00 bits per heavy atom. The fourth-order valence-electron chi connectivity index (χ4n) is 2.65. The topological polar surface area (TPSA) is 73.0 Å². The second-order valence-corrected chi connectivity index (χ2v) is 5.77. The summed E-state index contributed by atoms with van der Waals surface area (Å²) in [5.41, 5.74) is 1.62. The minimum Gasteiger partial charge on any atom is -0.341 e. The molecule has 0 fully saturated rings. The first kappa shape index (κ1) is 15.9. The third-order valence-corrected chi connectivity index (χ3v) is 3.90. The van der Waals surface area contributed by atoms with Crippen molar-refractivity contribution in [2.75, 3.05) is 7.05 Å². The maximum absolute atomic E-state index is 12.3. The first-order chi connectivity index (χ1) is 11.5. The normalized spacial score (nSPS) is 10.9. The molecule has 1 amide bonds. The van der Waals surface area contributed by atoms with Crippen LogP contribution in [-0.2, 0) is 24.9 Å². The van der Waals surface area contributed by atoms with Gasteiger partial charge in [0.25, 0.3) is 0 Å². The molecule has 0 unspecified atom stereocenters. The number of carbonyl (C=O) groups excluding carboxylic acids is 1. The summed E-state index contributed by atoms with van der Waals surface area (Å²) in [5.74, 6) is 0.0171. The quantitative estimate of drug-likeness (QED) is 0.706. The summed E-state index contributed by atoms with van der Waals surface area (Å²) in [4.78, 5) is 25.8. The van der Waals surface area contributed by atoms with Gasteiger partial charge in [-0.05, 0) is 12.1 Å². The van der Waals surface area contributed by atoms with Crippen LogP contribution in [0.25, 0.3) is 10.9 Å². The Morgan fingerprint density at radius 1 is 1.21 bits per heavy atom. The number of fused-ring (bicyclic) bond motifs is 1. The number of nitrogens with zero attached hydrogens (tertiary/aromatic N) is 5. The molecule has 3 rings (SSSR count). The zero-order chi connectivity index (χ0) is 17.1. The van der Waals surface area contributed by atoms with Crippen LogP contribution >= 0.6 is 0 Å². The Labute approximate surface area is 139 Å². The van der Waals surface area contributed by atoms with Crippen molar-refractivity contribution in [3.8, 4) is 0 Å². The molecule has 7 nitrogen and oxygen atoms in total. The van der Waals surface area contributed by atoms with Gasteiger partial charge >= 0.3 is 0 Å². The minimum absolute atomic E-state index is 0.0171. The first-order valence-electron chi connectivity index (χ1n) is 7.71. The molecule has 0 aliphatic heterocycles. The molecule has 0 radical (unpaired) electrons. The highest BCUT2D eigenvalue weighted by atomic mass is 16.2. The number of hydrogen-bond donors (Lipinski definition) is 0. The van der Waals surface area contributed by atoms with Gasteiger partial charge in [-0.1, -0.05) is 12.1 Å². The largest absolute Gasteiger partial charge is 0.341 e. The molecule has 0 saturated heterocycles. The maximum atomic E-state index is 12.3. The molecule has 0 aliphatic rings. The SMILES string of the molecule is CN(Cc1cnn(C)c1)C(=O)CCn1ncc(=O)c2ccccc21. The number of hydrogen-bond acceptors (Lipinski definition) is 4. The van der Waals surface area contributed by atoms with E-state index in [4.69, 9.17) is 0 Å². The van der Waals surface area contributed by atoms with Crippen molar-refractivity contribution in [3.05, 3.63) is 58.6 Å². The number of para-hydroxylation sites is 1. The van der Waals surface area contributed by atoms with Gasteiger partial charge in [-0.2, -0.15) is 10.2 Å². The lowest BCUT2D eigenvalue weighted by atomic mass is 10.2. The third-order valence-electron chi connectivity index (χ3n) is 3.90. The lowest BCUT2D eigenvalue weighted by Crippen LogP contribution is -2.27. The zero-order valence-corrected chi connectivity index (χ0v) is 13.7. The van der Waals surface area contributed by atoms with E-state index < -0.39 is 0 Å². The average molecular weight is 325 g/mol. The molecule has 0 aliphatic carbocycles. The molecule has 0 atom stereocenters. The molecular formula is C17H19N5O2. The Bertz CT molecular complexity index is 928. The van der Waals surface area contributed by atoms with Crippen LogP contribution in [0.3, 0.4) is 0 Å². The van der Waals surface area contributed by atoms with Gasteiger partial charge in [-0.25, -0.2) is 0 Å². The number of carbonyl (C=O) groups is 1. The number of aryl methyl sites for hydroxylation is 2. The van der Waals surface area contributed by atoms with Crippen LogP contribution in [0.4, 0.5) is 0 Å². The van der Waals surface area contributed by atoms with Crippen molar-refractivity contribution in [1.29, 1.82) is 0 Å². The molecule has 0 bridgehead atoms. The summed E-state index contributed by atoms with van der Waals surface area (Å²) < 4.78 is 3.41. The van der Waals surface area contributed by atoms with Gasteiger partial charge in [0.15, 0.2) is 0 Å². The summed E-state index contributed by atoms with van der Waals surface area (Å²) in [6.45, 7) is 0.946. The van der Waals surface area contributed by atoms with E-state index in [0.29, 0.717) is 24.9 Å². The lowest BCUT2D eigenvalue weighted by Gasteiger charge is -2.17. The molecule has 124 valence electrons. The van der Waals surface area contributed by atoms with E-state index in [9.17, 15) is 9.59 Å². The van der Waals surface area contributed by atoms with Gasteiger partial charge in [0.1, 0.15) is 0 Å². The summed E-state index contributed by atoms with van der Waals surface area (Å²) >= 11 is 0. The van der Waals surface area contributed by atoms with Gasteiger partial charge in [0, 0.05) is 44.2 Å². The number of aromatic nitrogens is 4. The van der Waals surface area contributed by atoms with Gasteiger partial charge < -0.3 is 4.90 Å². The first-order valence-corrected chi connectivity index (χ1v) is 7.71. The minimum atomic E-state index is -0.109. The van der Waals surface area contributed by atoms with Crippen LogP contribution in [0.1, 0.15) is 12.0 Å². The number of benzene rings is 1. The highest BCUT2D eigenvalue weighted by Crippen LogP contribution is 2.09. The van der Waals surface area contributed by atoms with Crippen LogP contribution in [0, 0.1) is 0 Å². The molecule has 2 heterocycles. The van der Waals surface area contributed by atoms with Gasteiger partial charge in [0.2, 0.25) is 11.3 Å². The fraction of sp³-hybridized carbons (Fsp3) is 0.294. The van der Waals surface area contributed by atoms with Crippen molar-refractivity contribution in [2.45, 2.75) is 19.5 Å². The van der Waals surface area contributed by atoms with E-state index in [2.05, 4.69) is 10.2 Å². The van der Waals surface area contributed by atoms with E-state index in [-0.39, 0.29) is 11.3 Å². The van der Waals surface area contributed by atoms with Crippen LogP contribution in [0.5, 0.6) is 0 Å². The molecular weight excluding hydrogens is 306 g/mol. The molecule has 0 saturated carbocycles. The van der Waals surface area contributed by atoms with Crippen LogP contribution < -0.4 is 5.43 Å². The Balaban J connectivity index is 1.68. The summed E-state index contributed by atoms with van der Waals surface area (Å²) in [6, 6.07) is 7.29. The van der Waals surface area contributed by atoms with Gasteiger partial charge in [-0.3, -0.25) is 19.0 Å². The average Bonchev–Trinajstić information content (AvgIpc) is 2.99. The van der Waals surface area contributed by atoms with Crippen LogP contribution in [-0.4, -0.2) is 37.4 Å². The van der Waals surface area contributed by atoms with E-state index in [1.54, 1.807) is 33.6 Å². The monoisotopic (exact) mass is 325 g/mol. The van der Waals surface area contributed by atoms with Crippen molar-refractivity contribution < 1.29 is 4.79 Å². The summed E-state index contributed by atoms with van der Waals surface area (Å²) in [5, 5.41) is 8.86. The smallest absolute Gasteiger partial charge is 0.224 e. The highest BCUT2D eigenvalue weighted by molar-refractivity contribution is 5.79. The lowest BCUT2D eigenvalue weighted by molar-refractivity contribution is -0.130. The highest BCUT2D eigenvalue weighted by Gasteiger charge is 2.11. The zero-order valence-electron chi connectivity index (χ0n) is 13.7. The molecule has 0 N–H and O–H groups in total. The van der Waals surface area contributed by atoms with Crippen molar-refractivity contribution in [1.82, 2.24) is 24.5 Å². The Kier molecular flexibility index (Phi) is 4.41. The molecule has 2 aromatic heterocycles. The number of rotatable bonds is 5. The van der Waals surface area contributed by atoms with E-state index in [1.807, 2.05) is 31.4 Å². The molecule has 24 heavy (non-hydrogen) atoms. The van der Waals surface area contributed by atoms with E-state index in [1.165, 1.54) is 6.20 Å². The number of amides is 1. The maximum Gasteiger partial charge on any atom is 0.224 e. The molecule has 1 aromatic carbocycles. The molecule has 0 spiro atoms. The predicted molar refractivity (Wildman–Crippen MR) is 90.3 cm³/mol. The van der Waals surface area contributed by atoms with Gasteiger partial charge in [-0.15, -0.1) is 0 Å². The van der Waals surface area contributed by atoms with Crippen molar-refractivity contribution in [2.24, 2.45) is 7.05 Å². The fourth-order valence-corrected chi connectivity index (χ4v) is 2.65. The second kappa shape index (κ2) is 6.66. The van der Waals surface area contributed by atoms with Crippen molar-refractivity contribution in [3.63, 3.8) is 0 Å². The summed E-state index contributed by atoms with van der Waals surface area (Å²) in [7, 11) is 3.62. The van der Waals surface area contributed by atoms with Gasteiger partial charge in [0.05, 0.1) is 24.5 Å².